The van der Waals surface area contributed by atoms with Gasteiger partial charge in [-0.2, -0.15) is 0 Å². The summed E-state index contributed by atoms with van der Waals surface area (Å²) in [4.78, 5) is 24.9. The molecule has 2 aromatic heterocycles. The second-order valence-corrected chi connectivity index (χ2v) is 6.80. The second-order valence-electron chi connectivity index (χ2n) is 6.39. The Labute approximate surface area is 165 Å². The number of imidazole rings is 1. The van der Waals surface area contributed by atoms with Gasteiger partial charge in [-0.3, -0.25) is 14.9 Å². The highest BCUT2D eigenvalue weighted by molar-refractivity contribution is 6.32. The number of ether oxygens (including phenoxy) is 1. The summed E-state index contributed by atoms with van der Waals surface area (Å²) in [5, 5.41) is 3.55. The third kappa shape index (κ3) is 3.20. The van der Waals surface area contributed by atoms with Crippen molar-refractivity contribution in [1.82, 2.24) is 19.7 Å². The number of hydrogen-bond donors (Lipinski definition) is 2. The summed E-state index contributed by atoms with van der Waals surface area (Å²) in [6.07, 6.45) is 1.57. The maximum absolute atomic E-state index is 12.9. The lowest BCUT2D eigenvalue weighted by Gasteiger charge is -2.06. The molecule has 0 aliphatic carbocycles. The highest BCUT2D eigenvalue weighted by atomic mass is 35.5. The molecule has 4 aromatic rings. The van der Waals surface area contributed by atoms with E-state index in [0.717, 1.165) is 22.5 Å². The molecule has 0 saturated heterocycles. The summed E-state index contributed by atoms with van der Waals surface area (Å²) >= 11 is 6.07. The lowest BCUT2D eigenvalue weighted by molar-refractivity contribution is 0.414. The standard InChI is InChI=1S/C20H18ClN5O2/c1-11-15(10-22-13-4-7-17-18(8-13)24-12(2)23-17)20(27)26(25-11)14-5-6-16(21)19(9-14)28-3/h4-10,25H,1-3H3,(H,23,24). The van der Waals surface area contributed by atoms with E-state index < -0.39 is 0 Å². The zero-order chi connectivity index (χ0) is 19.8. The van der Waals surface area contributed by atoms with Crippen molar-refractivity contribution < 1.29 is 4.74 Å². The molecule has 0 radical (unpaired) electrons. The number of aliphatic imine (C=N–C) groups is 1. The molecule has 7 nitrogen and oxygen atoms in total. The summed E-state index contributed by atoms with van der Waals surface area (Å²) in [5.74, 6) is 1.34. The first kappa shape index (κ1) is 18.1. The van der Waals surface area contributed by atoms with Gasteiger partial charge in [0.05, 0.1) is 40.1 Å². The monoisotopic (exact) mass is 395 g/mol. The highest BCUT2D eigenvalue weighted by Gasteiger charge is 2.12. The van der Waals surface area contributed by atoms with E-state index in [1.165, 1.54) is 11.8 Å². The fourth-order valence-corrected chi connectivity index (χ4v) is 3.22. The van der Waals surface area contributed by atoms with Crippen molar-refractivity contribution in [3.05, 3.63) is 68.9 Å². The first-order valence-corrected chi connectivity index (χ1v) is 9.00. The van der Waals surface area contributed by atoms with Crippen molar-refractivity contribution >= 4 is 34.5 Å². The average molecular weight is 396 g/mol. The predicted molar refractivity (Wildman–Crippen MR) is 111 cm³/mol. The first-order valence-electron chi connectivity index (χ1n) is 8.62. The molecule has 0 atom stereocenters. The van der Waals surface area contributed by atoms with Crippen molar-refractivity contribution in [2.75, 3.05) is 7.11 Å². The molecule has 8 heteroatoms. The molecule has 0 bridgehead atoms. The fraction of sp³-hybridized carbons (Fsp3) is 0.150. The van der Waals surface area contributed by atoms with E-state index in [4.69, 9.17) is 16.3 Å². The van der Waals surface area contributed by atoms with Crippen LogP contribution in [0.15, 0.2) is 46.2 Å². The number of rotatable bonds is 4. The Morgan fingerprint density at radius 1 is 1.21 bits per heavy atom. The van der Waals surface area contributed by atoms with Crippen LogP contribution in [0.3, 0.4) is 0 Å². The van der Waals surface area contributed by atoms with E-state index in [-0.39, 0.29) is 5.56 Å². The Balaban J connectivity index is 1.70. The number of aromatic nitrogens is 4. The van der Waals surface area contributed by atoms with Gasteiger partial charge in [0.2, 0.25) is 0 Å². The summed E-state index contributed by atoms with van der Waals surface area (Å²) in [5.41, 5.74) is 4.14. The van der Waals surface area contributed by atoms with E-state index in [9.17, 15) is 4.79 Å². The molecule has 28 heavy (non-hydrogen) atoms. The Morgan fingerprint density at radius 3 is 2.82 bits per heavy atom. The quantitative estimate of drug-likeness (QED) is 0.510. The van der Waals surface area contributed by atoms with Crippen molar-refractivity contribution in [1.29, 1.82) is 0 Å². The second kappa shape index (κ2) is 7.01. The van der Waals surface area contributed by atoms with E-state index in [0.29, 0.717) is 27.7 Å². The number of nitrogens with one attached hydrogen (secondary N) is 2. The normalized spacial score (nSPS) is 11.6. The molecule has 142 valence electrons. The average Bonchev–Trinajstić information content (AvgIpc) is 3.18. The summed E-state index contributed by atoms with van der Waals surface area (Å²) in [7, 11) is 1.53. The van der Waals surface area contributed by atoms with E-state index in [1.54, 1.807) is 24.4 Å². The van der Waals surface area contributed by atoms with Gasteiger partial charge in [-0.25, -0.2) is 9.67 Å². The van der Waals surface area contributed by atoms with Crippen molar-refractivity contribution in [3.8, 4) is 11.4 Å². The lowest BCUT2D eigenvalue weighted by Crippen LogP contribution is -2.17. The molecule has 0 spiro atoms. The Bertz CT molecular complexity index is 1270. The third-order valence-corrected chi connectivity index (χ3v) is 4.75. The smallest absolute Gasteiger partial charge is 0.280 e. The first-order chi connectivity index (χ1) is 13.5. The lowest BCUT2D eigenvalue weighted by atomic mass is 10.2. The molecule has 0 unspecified atom stereocenters. The molecule has 2 aromatic carbocycles. The zero-order valence-corrected chi connectivity index (χ0v) is 16.3. The van der Waals surface area contributed by atoms with Gasteiger partial charge in [0.1, 0.15) is 11.6 Å². The summed E-state index contributed by atoms with van der Waals surface area (Å²) < 4.78 is 6.67. The Hall–Kier alpha value is -3.32. The van der Waals surface area contributed by atoms with Crippen molar-refractivity contribution in [2.45, 2.75) is 13.8 Å². The fourth-order valence-electron chi connectivity index (χ4n) is 3.03. The van der Waals surface area contributed by atoms with Crippen LogP contribution in [-0.2, 0) is 0 Å². The Morgan fingerprint density at radius 2 is 2.04 bits per heavy atom. The molecular formula is C20H18ClN5O2. The van der Waals surface area contributed by atoms with Crippen LogP contribution in [0.5, 0.6) is 5.75 Å². The van der Waals surface area contributed by atoms with Gasteiger partial charge >= 0.3 is 0 Å². The summed E-state index contributed by atoms with van der Waals surface area (Å²) in [6.45, 7) is 3.73. The predicted octanol–water partition coefficient (Wildman–Crippen LogP) is 4.07. The van der Waals surface area contributed by atoms with Crippen LogP contribution in [0, 0.1) is 13.8 Å². The minimum atomic E-state index is -0.205. The van der Waals surface area contributed by atoms with Crippen LogP contribution < -0.4 is 10.3 Å². The molecule has 0 aliphatic heterocycles. The van der Waals surface area contributed by atoms with Crippen LogP contribution in [0.4, 0.5) is 5.69 Å². The van der Waals surface area contributed by atoms with Gasteiger partial charge in [-0.05, 0) is 44.2 Å². The van der Waals surface area contributed by atoms with Crippen LogP contribution >= 0.6 is 11.6 Å². The minimum absolute atomic E-state index is 0.205. The van der Waals surface area contributed by atoms with Gasteiger partial charge in [0.15, 0.2) is 0 Å². The molecule has 0 saturated carbocycles. The number of halogens is 1. The number of nitrogens with zero attached hydrogens (tertiary/aromatic N) is 3. The van der Waals surface area contributed by atoms with E-state index >= 15 is 0 Å². The third-order valence-electron chi connectivity index (χ3n) is 4.44. The number of methoxy groups -OCH3 is 1. The van der Waals surface area contributed by atoms with E-state index in [1.807, 2.05) is 32.0 Å². The molecule has 2 heterocycles. The number of aromatic amines is 2. The molecule has 0 fully saturated rings. The molecule has 0 amide bonds. The van der Waals surface area contributed by atoms with Crippen LogP contribution in [0.2, 0.25) is 5.02 Å². The zero-order valence-electron chi connectivity index (χ0n) is 15.6. The van der Waals surface area contributed by atoms with Gasteiger partial charge in [-0.1, -0.05) is 11.6 Å². The number of aryl methyl sites for hydroxylation is 2. The number of benzene rings is 2. The topological polar surface area (TPSA) is 88.1 Å². The van der Waals surface area contributed by atoms with Gasteiger partial charge in [0.25, 0.3) is 5.56 Å². The molecule has 0 aliphatic rings. The summed E-state index contributed by atoms with van der Waals surface area (Å²) in [6, 6.07) is 10.8. The number of hydrogen-bond acceptors (Lipinski definition) is 4. The van der Waals surface area contributed by atoms with Crippen molar-refractivity contribution in [3.63, 3.8) is 0 Å². The maximum Gasteiger partial charge on any atom is 0.280 e. The molecule has 2 N–H and O–H groups in total. The van der Waals surface area contributed by atoms with E-state index in [2.05, 4.69) is 20.1 Å². The van der Waals surface area contributed by atoms with Crippen LogP contribution in [0.1, 0.15) is 17.1 Å². The molecule has 4 rings (SSSR count). The van der Waals surface area contributed by atoms with Crippen LogP contribution in [0.25, 0.3) is 16.7 Å². The number of H-pyrrole nitrogens is 2. The highest BCUT2D eigenvalue weighted by Crippen LogP contribution is 2.26. The maximum atomic E-state index is 12.9. The Kier molecular flexibility index (Phi) is 4.52. The van der Waals surface area contributed by atoms with Gasteiger partial charge in [0, 0.05) is 18.0 Å². The SMILES string of the molecule is COc1cc(-n2[nH]c(C)c(C=Nc3ccc4nc(C)[nH]c4c3)c2=O)ccc1Cl. The number of fused-ring (bicyclic) bond motifs is 1. The van der Waals surface area contributed by atoms with Gasteiger partial charge in [-0.15, -0.1) is 0 Å². The van der Waals surface area contributed by atoms with Gasteiger partial charge < -0.3 is 9.72 Å². The van der Waals surface area contributed by atoms with Crippen LogP contribution in [-0.4, -0.2) is 33.1 Å². The minimum Gasteiger partial charge on any atom is -0.495 e. The molecular weight excluding hydrogens is 378 g/mol. The largest absolute Gasteiger partial charge is 0.495 e. The van der Waals surface area contributed by atoms with Crippen molar-refractivity contribution in [2.24, 2.45) is 4.99 Å².